The summed E-state index contributed by atoms with van der Waals surface area (Å²) >= 11 is 0. The van der Waals surface area contributed by atoms with E-state index in [0.717, 1.165) is 24.6 Å². The fourth-order valence-electron chi connectivity index (χ4n) is 1.26. The second-order valence-electron chi connectivity index (χ2n) is 3.18. The van der Waals surface area contributed by atoms with Crippen LogP contribution in [0.2, 0.25) is 0 Å². The number of hydrogen-bond acceptors (Lipinski definition) is 5. The lowest BCUT2D eigenvalue weighted by molar-refractivity contribution is 0.530. The van der Waals surface area contributed by atoms with Crippen LogP contribution in [0.25, 0.3) is 0 Å². The molecular weight excluding hydrogens is 190 g/mol. The molecule has 1 N–H and O–H groups in total. The Bertz CT molecular complexity index is 371. The molecule has 0 spiro atoms. The molecule has 1 aliphatic heterocycles. The van der Waals surface area contributed by atoms with Gasteiger partial charge in [-0.15, -0.1) is 0 Å². The number of aromatic nitrogens is 1. The summed E-state index contributed by atoms with van der Waals surface area (Å²) in [6.07, 6.45) is 5.27. The molecule has 0 aliphatic carbocycles. The molecule has 5 heteroatoms. The van der Waals surface area contributed by atoms with Crippen molar-refractivity contribution < 1.29 is 0 Å². The summed E-state index contributed by atoms with van der Waals surface area (Å²) in [4.78, 5) is 8.19. The van der Waals surface area contributed by atoms with E-state index in [-0.39, 0.29) is 0 Å². The SMILES string of the molecule is CN(/N=C\c1ccncc1)C1=NCCN1. The smallest absolute Gasteiger partial charge is 0.214 e. The van der Waals surface area contributed by atoms with Crippen LogP contribution < -0.4 is 5.32 Å². The van der Waals surface area contributed by atoms with Gasteiger partial charge in [0, 0.05) is 26.0 Å². The zero-order valence-corrected chi connectivity index (χ0v) is 8.59. The second-order valence-corrected chi connectivity index (χ2v) is 3.18. The summed E-state index contributed by atoms with van der Waals surface area (Å²) in [6, 6.07) is 3.81. The van der Waals surface area contributed by atoms with Crippen molar-refractivity contribution in [2.24, 2.45) is 10.1 Å². The van der Waals surface area contributed by atoms with Crippen LogP contribution in [0.3, 0.4) is 0 Å². The van der Waals surface area contributed by atoms with Crippen LogP contribution in [0.5, 0.6) is 0 Å². The average molecular weight is 203 g/mol. The van der Waals surface area contributed by atoms with Gasteiger partial charge in [0.15, 0.2) is 0 Å². The van der Waals surface area contributed by atoms with E-state index in [1.165, 1.54) is 0 Å². The molecular formula is C10H13N5. The first kappa shape index (κ1) is 9.64. The van der Waals surface area contributed by atoms with E-state index >= 15 is 0 Å². The number of aliphatic imine (C=N–C) groups is 1. The second kappa shape index (κ2) is 4.54. The van der Waals surface area contributed by atoms with Crippen molar-refractivity contribution >= 4 is 12.2 Å². The Morgan fingerprint density at radius 2 is 2.27 bits per heavy atom. The van der Waals surface area contributed by atoms with Crippen LogP contribution >= 0.6 is 0 Å². The Labute approximate surface area is 88.5 Å². The molecule has 0 saturated carbocycles. The zero-order valence-electron chi connectivity index (χ0n) is 8.59. The highest BCUT2D eigenvalue weighted by atomic mass is 15.5. The van der Waals surface area contributed by atoms with Gasteiger partial charge in [0.05, 0.1) is 12.8 Å². The van der Waals surface area contributed by atoms with Crippen LogP contribution in [-0.2, 0) is 0 Å². The van der Waals surface area contributed by atoms with E-state index in [0.29, 0.717) is 0 Å². The number of pyridine rings is 1. The fraction of sp³-hybridized carbons (Fsp3) is 0.300. The number of nitrogens with one attached hydrogen (secondary N) is 1. The molecule has 0 atom stereocenters. The minimum atomic E-state index is 0.820. The van der Waals surface area contributed by atoms with Gasteiger partial charge in [-0.05, 0) is 17.7 Å². The van der Waals surface area contributed by atoms with E-state index in [4.69, 9.17) is 0 Å². The summed E-state index contributed by atoms with van der Waals surface area (Å²) in [5.74, 6) is 0.820. The summed E-state index contributed by atoms with van der Waals surface area (Å²) in [5.41, 5.74) is 1.02. The van der Waals surface area contributed by atoms with Gasteiger partial charge in [0.2, 0.25) is 5.96 Å². The van der Waals surface area contributed by atoms with E-state index in [2.05, 4.69) is 20.4 Å². The summed E-state index contributed by atoms with van der Waals surface area (Å²) < 4.78 is 0. The highest BCUT2D eigenvalue weighted by Crippen LogP contribution is 1.95. The van der Waals surface area contributed by atoms with Crippen molar-refractivity contribution in [2.45, 2.75) is 0 Å². The van der Waals surface area contributed by atoms with Crippen molar-refractivity contribution in [3.05, 3.63) is 30.1 Å². The maximum absolute atomic E-state index is 4.26. The third-order valence-corrected chi connectivity index (χ3v) is 2.05. The lowest BCUT2D eigenvalue weighted by Gasteiger charge is -2.11. The van der Waals surface area contributed by atoms with Gasteiger partial charge in [-0.1, -0.05) is 0 Å². The highest BCUT2D eigenvalue weighted by molar-refractivity contribution is 5.84. The minimum Gasteiger partial charge on any atom is -0.353 e. The number of guanidine groups is 1. The van der Waals surface area contributed by atoms with E-state index < -0.39 is 0 Å². The zero-order chi connectivity index (χ0) is 10.5. The molecule has 1 aliphatic rings. The highest BCUT2D eigenvalue weighted by Gasteiger charge is 2.07. The molecule has 1 aromatic heterocycles. The standard InChI is InChI=1S/C10H13N5/c1-15(10-12-6-7-13-10)14-8-9-2-4-11-5-3-9/h2-5,8H,6-7H2,1H3,(H,12,13)/b14-8-. The van der Waals surface area contributed by atoms with E-state index in [1.54, 1.807) is 23.6 Å². The molecule has 0 fully saturated rings. The van der Waals surface area contributed by atoms with Gasteiger partial charge in [-0.25, -0.2) is 10.0 Å². The molecule has 1 aromatic rings. The lowest BCUT2D eigenvalue weighted by Crippen LogP contribution is -2.32. The molecule has 0 unspecified atom stereocenters. The topological polar surface area (TPSA) is 52.9 Å². The molecule has 78 valence electrons. The lowest BCUT2D eigenvalue weighted by atomic mass is 10.3. The molecule has 2 rings (SSSR count). The van der Waals surface area contributed by atoms with Crippen molar-refractivity contribution in [3.63, 3.8) is 0 Å². The Morgan fingerprint density at radius 3 is 2.93 bits per heavy atom. The average Bonchev–Trinajstić information content (AvgIpc) is 2.81. The van der Waals surface area contributed by atoms with Crippen LogP contribution in [0.1, 0.15) is 5.56 Å². The maximum atomic E-state index is 4.26. The Kier molecular flexibility index (Phi) is 2.92. The molecule has 0 bridgehead atoms. The molecule has 15 heavy (non-hydrogen) atoms. The molecule has 5 nitrogen and oxygen atoms in total. The van der Waals surface area contributed by atoms with Crippen LogP contribution in [0.4, 0.5) is 0 Å². The monoisotopic (exact) mass is 203 g/mol. The quantitative estimate of drug-likeness (QED) is 0.556. The van der Waals surface area contributed by atoms with Gasteiger partial charge in [-0.3, -0.25) is 4.98 Å². The number of rotatable bonds is 2. The van der Waals surface area contributed by atoms with Gasteiger partial charge in [0.1, 0.15) is 0 Å². The van der Waals surface area contributed by atoms with Gasteiger partial charge >= 0.3 is 0 Å². The van der Waals surface area contributed by atoms with Crippen LogP contribution in [-0.4, -0.2) is 42.3 Å². The van der Waals surface area contributed by atoms with Crippen LogP contribution in [0.15, 0.2) is 34.6 Å². The van der Waals surface area contributed by atoms with E-state index in [1.807, 2.05) is 19.2 Å². The maximum Gasteiger partial charge on any atom is 0.214 e. The van der Waals surface area contributed by atoms with Gasteiger partial charge in [-0.2, -0.15) is 5.10 Å². The summed E-state index contributed by atoms with van der Waals surface area (Å²) in [7, 11) is 1.87. The summed E-state index contributed by atoms with van der Waals surface area (Å²) in [6.45, 7) is 1.72. The van der Waals surface area contributed by atoms with Crippen LogP contribution in [0, 0.1) is 0 Å². The Hall–Kier alpha value is -1.91. The first-order chi connectivity index (χ1) is 7.36. The van der Waals surface area contributed by atoms with Crippen molar-refractivity contribution in [1.29, 1.82) is 0 Å². The predicted molar refractivity (Wildman–Crippen MR) is 59.9 cm³/mol. The molecule has 0 aromatic carbocycles. The predicted octanol–water partition coefficient (Wildman–Crippen LogP) is 0.306. The first-order valence-electron chi connectivity index (χ1n) is 4.82. The third-order valence-electron chi connectivity index (χ3n) is 2.05. The van der Waals surface area contributed by atoms with Gasteiger partial charge < -0.3 is 5.32 Å². The fourth-order valence-corrected chi connectivity index (χ4v) is 1.26. The number of hydrazone groups is 1. The summed E-state index contributed by atoms with van der Waals surface area (Å²) in [5, 5.41) is 9.14. The van der Waals surface area contributed by atoms with E-state index in [9.17, 15) is 0 Å². The molecule has 2 heterocycles. The molecule has 0 amide bonds. The van der Waals surface area contributed by atoms with Crippen molar-refractivity contribution in [3.8, 4) is 0 Å². The normalized spacial score (nSPS) is 15.1. The Morgan fingerprint density at radius 1 is 1.47 bits per heavy atom. The van der Waals surface area contributed by atoms with Crippen molar-refractivity contribution in [2.75, 3.05) is 20.1 Å². The minimum absolute atomic E-state index is 0.820. The third kappa shape index (κ3) is 2.52. The largest absolute Gasteiger partial charge is 0.353 e. The van der Waals surface area contributed by atoms with Crippen molar-refractivity contribution in [1.82, 2.24) is 15.3 Å². The Balaban J connectivity index is 1.99. The molecule has 0 radical (unpaired) electrons. The number of nitrogens with zero attached hydrogens (tertiary/aromatic N) is 4. The number of hydrogen-bond donors (Lipinski definition) is 1. The first-order valence-corrected chi connectivity index (χ1v) is 4.82. The molecule has 0 saturated heterocycles. The van der Waals surface area contributed by atoms with Gasteiger partial charge in [0.25, 0.3) is 0 Å².